The quantitative estimate of drug-likeness (QED) is 0.538. The van der Waals surface area contributed by atoms with Gasteiger partial charge in [0.05, 0.1) is 24.9 Å². The molecule has 0 bridgehead atoms. The summed E-state index contributed by atoms with van der Waals surface area (Å²) in [6.45, 7) is 4.37. The molecule has 1 aliphatic heterocycles. The SMILES string of the molecule is CC(OCCCNC(=O)c1cn(C)nc1-c1ccc2c(c1)OCCCO2)c1ccccc1. The van der Waals surface area contributed by atoms with Crippen molar-refractivity contribution in [1.29, 1.82) is 0 Å². The molecule has 0 fully saturated rings. The molecule has 2 aromatic carbocycles. The number of nitrogens with zero attached hydrogens (tertiary/aromatic N) is 2. The summed E-state index contributed by atoms with van der Waals surface area (Å²) in [4.78, 5) is 12.9. The van der Waals surface area contributed by atoms with Crippen molar-refractivity contribution >= 4 is 5.91 Å². The number of carbonyl (C=O) groups excluding carboxylic acids is 1. The summed E-state index contributed by atoms with van der Waals surface area (Å²) in [6.07, 6.45) is 3.33. The molecule has 0 saturated heterocycles. The van der Waals surface area contributed by atoms with Gasteiger partial charge < -0.3 is 19.5 Å². The Hall–Kier alpha value is -3.32. The van der Waals surface area contributed by atoms with Crippen LogP contribution >= 0.6 is 0 Å². The van der Waals surface area contributed by atoms with Gasteiger partial charge in [0.15, 0.2) is 11.5 Å². The van der Waals surface area contributed by atoms with Crippen molar-refractivity contribution in [2.24, 2.45) is 7.05 Å². The number of rotatable bonds is 8. The molecule has 0 spiro atoms. The van der Waals surface area contributed by atoms with Crippen LogP contribution in [-0.2, 0) is 11.8 Å². The molecule has 1 amide bonds. The molecular weight excluding hydrogens is 406 g/mol. The summed E-state index contributed by atoms with van der Waals surface area (Å²) in [6, 6.07) is 15.8. The molecule has 0 saturated carbocycles. The van der Waals surface area contributed by atoms with Gasteiger partial charge in [0.1, 0.15) is 5.69 Å². The Morgan fingerprint density at radius 1 is 1.16 bits per heavy atom. The van der Waals surface area contributed by atoms with Gasteiger partial charge in [-0.05, 0) is 37.1 Å². The zero-order chi connectivity index (χ0) is 22.3. The van der Waals surface area contributed by atoms with Crippen LogP contribution in [0.2, 0.25) is 0 Å². The fourth-order valence-electron chi connectivity index (χ4n) is 3.63. The van der Waals surface area contributed by atoms with E-state index in [1.54, 1.807) is 10.9 Å². The third-order valence-corrected chi connectivity index (χ3v) is 5.34. The minimum Gasteiger partial charge on any atom is -0.490 e. The molecule has 7 heteroatoms. The van der Waals surface area contributed by atoms with Crippen molar-refractivity contribution in [3.63, 3.8) is 0 Å². The molecule has 1 N–H and O–H groups in total. The first-order valence-corrected chi connectivity index (χ1v) is 11.0. The van der Waals surface area contributed by atoms with E-state index in [0.717, 1.165) is 29.7 Å². The molecule has 168 valence electrons. The van der Waals surface area contributed by atoms with Crippen LogP contribution in [0.1, 0.15) is 41.8 Å². The molecule has 3 aromatic rings. The second kappa shape index (κ2) is 10.3. The number of fused-ring (bicyclic) bond motifs is 1. The fraction of sp³-hybridized carbons (Fsp3) is 0.360. The van der Waals surface area contributed by atoms with E-state index in [1.165, 1.54) is 0 Å². The second-order valence-electron chi connectivity index (χ2n) is 7.81. The zero-order valence-electron chi connectivity index (χ0n) is 18.5. The van der Waals surface area contributed by atoms with Crippen molar-refractivity contribution in [2.75, 3.05) is 26.4 Å². The lowest BCUT2D eigenvalue weighted by Gasteiger charge is -2.13. The summed E-state index contributed by atoms with van der Waals surface area (Å²) in [5.41, 5.74) is 3.11. The van der Waals surface area contributed by atoms with Crippen LogP contribution in [0.15, 0.2) is 54.7 Å². The van der Waals surface area contributed by atoms with Gasteiger partial charge in [-0.25, -0.2) is 0 Å². The predicted molar refractivity (Wildman–Crippen MR) is 122 cm³/mol. The minimum absolute atomic E-state index is 0.0243. The van der Waals surface area contributed by atoms with Crippen LogP contribution in [0.5, 0.6) is 11.5 Å². The first kappa shape index (κ1) is 21.9. The molecule has 32 heavy (non-hydrogen) atoms. The van der Waals surface area contributed by atoms with E-state index in [-0.39, 0.29) is 12.0 Å². The van der Waals surface area contributed by atoms with E-state index in [4.69, 9.17) is 14.2 Å². The third-order valence-electron chi connectivity index (χ3n) is 5.34. The Morgan fingerprint density at radius 3 is 2.75 bits per heavy atom. The van der Waals surface area contributed by atoms with Crippen molar-refractivity contribution in [1.82, 2.24) is 15.1 Å². The summed E-state index contributed by atoms with van der Waals surface area (Å²) in [7, 11) is 1.81. The zero-order valence-corrected chi connectivity index (χ0v) is 18.5. The van der Waals surface area contributed by atoms with Crippen LogP contribution < -0.4 is 14.8 Å². The van der Waals surface area contributed by atoms with Gasteiger partial charge in [-0.2, -0.15) is 5.10 Å². The largest absolute Gasteiger partial charge is 0.490 e. The topological polar surface area (TPSA) is 74.6 Å². The van der Waals surface area contributed by atoms with Gasteiger partial charge in [0.2, 0.25) is 0 Å². The molecule has 1 atom stereocenters. The van der Waals surface area contributed by atoms with E-state index < -0.39 is 0 Å². The minimum atomic E-state index is -0.156. The first-order valence-electron chi connectivity index (χ1n) is 11.0. The number of hydrogen-bond acceptors (Lipinski definition) is 5. The molecule has 1 unspecified atom stereocenters. The van der Waals surface area contributed by atoms with Crippen molar-refractivity contribution < 1.29 is 19.0 Å². The third kappa shape index (κ3) is 5.29. The lowest BCUT2D eigenvalue weighted by atomic mass is 10.1. The Kier molecular flexibility index (Phi) is 7.07. The summed E-state index contributed by atoms with van der Waals surface area (Å²) in [5.74, 6) is 1.25. The molecule has 4 rings (SSSR count). The summed E-state index contributed by atoms with van der Waals surface area (Å²) >= 11 is 0. The predicted octanol–water partition coefficient (Wildman–Crippen LogP) is 4.15. The number of aryl methyl sites for hydroxylation is 1. The molecule has 1 aliphatic rings. The number of ether oxygens (including phenoxy) is 3. The lowest BCUT2D eigenvalue weighted by molar-refractivity contribution is 0.0635. The normalized spacial score (nSPS) is 13.9. The maximum atomic E-state index is 12.9. The smallest absolute Gasteiger partial charge is 0.255 e. The van der Waals surface area contributed by atoms with Gasteiger partial charge in [0.25, 0.3) is 5.91 Å². The standard InChI is InChI=1S/C25H29N3O4/c1-18(19-8-4-3-5-9-19)30-13-6-12-26-25(29)21-17-28(2)27-24(21)20-10-11-22-23(16-20)32-15-7-14-31-22/h3-5,8-11,16-18H,6-7,12-15H2,1-2H3,(H,26,29). The van der Waals surface area contributed by atoms with E-state index in [0.29, 0.717) is 43.4 Å². The molecular formula is C25H29N3O4. The number of amides is 1. The van der Waals surface area contributed by atoms with Gasteiger partial charge in [-0.1, -0.05) is 30.3 Å². The number of aromatic nitrogens is 2. The molecule has 1 aromatic heterocycles. The molecule has 0 aliphatic carbocycles. The average molecular weight is 436 g/mol. The fourth-order valence-corrected chi connectivity index (χ4v) is 3.63. The monoisotopic (exact) mass is 435 g/mol. The van der Waals surface area contributed by atoms with Gasteiger partial charge in [-0.15, -0.1) is 0 Å². The van der Waals surface area contributed by atoms with Crippen LogP contribution in [-0.4, -0.2) is 42.1 Å². The van der Waals surface area contributed by atoms with Crippen LogP contribution in [0, 0.1) is 0 Å². The number of carbonyl (C=O) groups is 1. The Bertz CT molecular complexity index is 1050. The van der Waals surface area contributed by atoms with Crippen LogP contribution in [0.3, 0.4) is 0 Å². The summed E-state index contributed by atoms with van der Waals surface area (Å²) < 4.78 is 19.0. The van der Waals surface area contributed by atoms with Crippen LogP contribution in [0.25, 0.3) is 11.3 Å². The van der Waals surface area contributed by atoms with Gasteiger partial charge >= 0.3 is 0 Å². The van der Waals surface area contributed by atoms with Crippen molar-refractivity contribution in [3.05, 3.63) is 65.9 Å². The average Bonchev–Trinajstić information content (AvgIpc) is 3.05. The molecule has 7 nitrogen and oxygen atoms in total. The second-order valence-corrected chi connectivity index (χ2v) is 7.81. The highest BCUT2D eigenvalue weighted by molar-refractivity contribution is 5.99. The Labute approximate surface area is 188 Å². The van der Waals surface area contributed by atoms with Gasteiger partial charge in [0, 0.05) is 38.4 Å². The number of benzene rings is 2. The van der Waals surface area contributed by atoms with E-state index in [2.05, 4.69) is 22.5 Å². The van der Waals surface area contributed by atoms with Crippen molar-refractivity contribution in [2.45, 2.75) is 25.9 Å². The highest BCUT2D eigenvalue weighted by Crippen LogP contribution is 2.34. The Balaban J connectivity index is 1.34. The van der Waals surface area contributed by atoms with E-state index >= 15 is 0 Å². The number of hydrogen-bond donors (Lipinski definition) is 1. The van der Waals surface area contributed by atoms with Crippen molar-refractivity contribution in [3.8, 4) is 22.8 Å². The summed E-state index contributed by atoms with van der Waals surface area (Å²) in [5, 5.41) is 7.49. The first-order chi connectivity index (χ1) is 15.6. The van der Waals surface area contributed by atoms with E-state index in [9.17, 15) is 4.79 Å². The van der Waals surface area contributed by atoms with Crippen LogP contribution in [0.4, 0.5) is 0 Å². The highest BCUT2D eigenvalue weighted by Gasteiger charge is 2.19. The Morgan fingerprint density at radius 2 is 1.94 bits per heavy atom. The molecule has 2 heterocycles. The maximum Gasteiger partial charge on any atom is 0.255 e. The lowest BCUT2D eigenvalue weighted by Crippen LogP contribution is -2.25. The molecule has 0 radical (unpaired) electrons. The van der Waals surface area contributed by atoms with E-state index in [1.807, 2.05) is 50.4 Å². The van der Waals surface area contributed by atoms with Gasteiger partial charge in [-0.3, -0.25) is 9.48 Å². The highest BCUT2D eigenvalue weighted by atomic mass is 16.5. The number of nitrogens with one attached hydrogen (secondary N) is 1. The maximum absolute atomic E-state index is 12.9.